The Hall–Kier alpha value is -3.03. The summed E-state index contributed by atoms with van der Waals surface area (Å²) in [7, 11) is 3.25. The normalized spacial score (nSPS) is 14.2. The van der Waals surface area contributed by atoms with E-state index in [0.29, 0.717) is 34.3 Å². The molecule has 1 amide bonds. The Kier molecular flexibility index (Phi) is 5.53. The highest BCUT2D eigenvalue weighted by Gasteiger charge is 2.24. The number of nitrogens with zero attached hydrogens (tertiary/aromatic N) is 3. The first-order valence-electron chi connectivity index (χ1n) is 10.3. The predicted molar refractivity (Wildman–Crippen MR) is 130 cm³/mol. The number of thiophene rings is 1. The lowest BCUT2D eigenvalue weighted by molar-refractivity contribution is 0.0751. The third-order valence-electron chi connectivity index (χ3n) is 5.79. The van der Waals surface area contributed by atoms with Crippen molar-refractivity contribution in [3.8, 4) is 11.5 Å². The summed E-state index contributed by atoms with van der Waals surface area (Å²) in [5.74, 6) is 1.47. The molecule has 0 unspecified atom stereocenters. The minimum Gasteiger partial charge on any atom is -0.497 e. The molecule has 0 saturated carbocycles. The molecule has 4 aromatic rings. The Balaban J connectivity index is 1.35. The first kappa shape index (κ1) is 20.8. The molecule has 0 atom stereocenters. The average molecular weight is 468 g/mol. The van der Waals surface area contributed by atoms with E-state index in [4.69, 9.17) is 26.1 Å². The molecule has 1 aliphatic rings. The van der Waals surface area contributed by atoms with E-state index < -0.39 is 0 Å². The van der Waals surface area contributed by atoms with Gasteiger partial charge in [-0.3, -0.25) is 4.79 Å². The molecule has 0 spiro atoms. The molecular formula is C24H22ClN3O3S. The minimum atomic E-state index is 0.0472. The molecule has 6 nitrogen and oxygen atoms in total. The first-order chi connectivity index (χ1) is 15.6. The van der Waals surface area contributed by atoms with Gasteiger partial charge in [-0.1, -0.05) is 17.7 Å². The summed E-state index contributed by atoms with van der Waals surface area (Å²) in [6, 6.07) is 15.7. The summed E-state index contributed by atoms with van der Waals surface area (Å²) < 4.78 is 10.6. The van der Waals surface area contributed by atoms with E-state index in [-0.39, 0.29) is 5.91 Å². The van der Waals surface area contributed by atoms with Crippen molar-refractivity contribution in [2.24, 2.45) is 0 Å². The van der Waals surface area contributed by atoms with Crippen LogP contribution in [-0.4, -0.2) is 56.2 Å². The molecule has 32 heavy (non-hydrogen) atoms. The number of methoxy groups -OCH3 is 2. The van der Waals surface area contributed by atoms with Crippen molar-refractivity contribution in [1.82, 2.24) is 9.88 Å². The molecule has 8 heteroatoms. The minimum absolute atomic E-state index is 0.0472. The summed E-state index contributed by atoms with van der Waals surface area (Å²) >= 11 is 7.85. The Labute approximate surface area is 194 Å². The molecule has 0 aliphatic carbocycles. The van der Waals surface area contributed by atoms with Gasteiger partial charge in [0.05, 0.1) is 24.6 Å². The van der Waals surface area contributed by atoms with E-state index in [9.17, 15) is 4.79 Å². The summed E-state index contributed by atoms with van der Waals surface area (Å²) in [6.07, 6.45) is 0. The number of rotatable bonds is 4. The Morgan fingerprint density at radius 2 is 1.81 bits per heavy atom. The van der Waals surface area contributed by atoms with Crippen LogP contribution in [0.4, 0.5) is 5.69 Å². The topological polar surface area (TPSA) is 54.9 Å². The van der Waals surface area contributed by atoms with Crippen LogP contribution in [0, 0.1) is 0 Å². The molecule has 2 aromatic carbocycles. The number of piperazine rings is 1. The fourth-order valence-corrected chi connectivity index (χ4v) is 5.32. The smallest absolute Gasteiger partial charge is 0.264 e. The highest BCUT2D eigenvalue weighted by atomic mass is 35.5. The maximum absolute atomic E-state index is 13.2. The number of benzene rings is 2. The zero-order chi connectivity index (χ0) is 22.2. The lowest BCUT2D eigenvalue weighted by Crippen LogP contribution is -2.48. The van der Waals surface area contributed by atoms with Crippen molar-refractivity contribution in [1.29, 1.82) is 0 Å². The van der Waals surface area contributed by atoms with E-state index in [1.165, 1.54) is 11.3 Å². The van der Waals surface area contributed by atoms with E-state index >= 15 is 0 Å². The number of ether oxygens (including phenoxy) is 2. The fraction of sp³-hybridized carbons (Fsp3) is 0.250. The number of aromatic nitrogens is 1. The van der Waals surface area contributed by atoms with Crippen molar-refractivity contribution in [3.63, 3.8) is 0 Å². The van der Waals surface area contributed by atoms with E-state index in [1.807, 2.05) is 47.4 Å². The number of pyridine rings is 1. The van der Waals surface area contributed by atoms with Gasteiger partial charge in [0, 0.05) is 48.7 Å². The molecule has 2 aromatic heterocycles. The third kappa shape index (κ3) is 3.72. The van der Waals surface area contributed by atoms with Crippen molar-refractivity contribution in [2.75, 3.05) is 45.3 Å². The van der Waals surface area contributed by atoms with E-state index in [0.717, 1.165) is 40.1 Å². The predicted octanol–water partition coefficient (Wildman–Crippen LogP) is 5.08. The lowest BCUT2D eigenvalue weighted by Gasteiger charge is -2.36. The van der Waals surface area contributed by atoms with Gasteiger partial charge in [-0.2, -0.15) is 0 Å². The molecule has 0 bridgehead atoms. The van der Waals surface area contributed by atoms with Gasteiger partial charge in [-0.25, -0.2) is 4.98 Å². The maximum Gasteiger partial charge on any atom is 0.264 e. The van der Waals surface area contributed by atoms with Gasteiger partial charge >= 0.3 is 0 Å². The molecule has 164 valence electrons. The van der Waals surface area contributed by atoms with Gasteiger partial charge in [0.15, 0.2) is 0 Å². The van der Waals surface area contributed by atoms with Crippen molar-refractivity contribution >= 4 is 55.7 Å². The second-order valence-electron chi connectivity index (χ2n) is 7.63. The molecule has 5 rings (SSSR count). The molecule has 0 radical (unpaired) electrons. The maximum atomic E-state index is 13.2. The highest BCUT2D eigenvalue weighted by Crippen LogP contribution is 2.35. The van der Waals surface area contributed by atoms with Gasteiger partial charge in [0.1, 0.15) is 21.4 Å². The number of hydrogen-bond acceptors (Lipinski definition) is 6. The summed E-state index contributed by atoms with van der Waals surface area (Å²) in [5.41, 5.74) is 1.80. The van der Waals surface area contributed by atoms with Crippen LogP contribution in [0.5, 0.6) is 11.5 Å². The van der Waals surface area contributed by atoms with Gasteiger partial charge in [0.2, 0.25) is 0 Å². The fourth-order valence-electron chi connectivity index (χ4n) is 4.04. The molecule has 1 aliphatic heterocycles. The molecule has 0 N–H and O–H groups in total. The molecule has 1 saturated heterocycles. The van der Waals surface area contributed by atoms with Crippen LogP contribution < -0.4 is 14.4 Å². The number of anilines is 1. The van der Waals surface area contributed by atoms with Gasteiger partial charge in [0.25, 0.3) is 5.91 Å². The summed E-state index contributed by atoms with van der Waals surface area (Å²) in [6.45, 7) is 2.90. The van der Waals surface area contributed by atoms with E-state index in [2.05, 4.69) is 11.0 Å². The third-order valence-corrected chi connectivity index (χ3v) is 7.19. The van der Waals surface area contributed by atoms with Crippen LogP contribution in [0.2, 0.25) is 5.02 Å². The monoisotopic (exact) mass is 467 g/mol. The zero-order valence-corrected chi connectivity index (χ0v) is 19.4. The quantitative estimate of drug-likeness (QED) is 0.419. The highest BCUT2D eigenvalue weighted by molar-refractivity contribution is 7.20. The number of halogens is 1. The van der Waals surface area contributed by atoms with Gasteiger partial charge in [-0.05, 0) is 36.4 Å². The van der Waals surface area contributed by atoms with Gasteiger partial charge in [-0.15, -0.1) is 11.3 Å². The van der Waals surface area contributed by atoms with Crippen LogP contribution >= 0.6 is 22.9 Å². The second kappa shape index (κ2) is 8.48. The Morgan fingerprint density at radius 3 is 2.56 bits per heavy atom. The Morgan fingerprint density at radius 1 is 1.00 bits per heavy atom. The average Bonchev–Trinajstić information content (AvgIpc) is 3.26. The number of carbonyl (C=O) groups is 1. The second-order valence-corrected chi connectivity index (χ2v) is 9.04. The molecule has 3 heterocycles. The van der Waals surface area contributed by atoms with E-state index in [1.54, 1.807) is 14.2 Å². The molecular weight excluding hydrogens is 446 g/mol. The lowest BCUT2D eigenvalue weighted by atomic mass is 10.1. The van der Waals surface area contributed by atoms with Crippen LogP contribution in [0.3, 0.4) is 0 Å². The SMILES string of the molecule is COc1cccc(N2CCN(C(=O)c3cc4cc5ccc(OC)c(Cl)c5nc4s3)CC2)c1. The zero-order valence-electron chi connectivity index (χ0n) is 17.8. The van der Waals surface area contributed by atoms with Gasteiger partial charge < -0.3 is 19.3 Å². The number of amides is 1. The molecule has 1 fully saturated rings. The summed E-state index contributed by atoms with van der Waals surface area (Å²) in [4.78, 5) is 23.6. The number of hydrogen-bond donors (Lipinski definition) is 0. The van der Waals surface area contributed by atoms with Crippen LogP contribution in [0.25, 0.3) is 21.1 Å². The van der Waals surface area contributed by atoms with Crippen LogP contribution in [0.15, 0.2) is 48.5 Å². The van der Waals surface area contributed by atoms with Crippen molar-refractivity contribution in [3.05, 3.63) is 58.4 Å². The summed E-state index contributed by atoms with van der Waals surface area (Å²) in [5, 5.41) is 2.36. The van der Waals surface area contributed by atoms with Crippen molar-refractivity contribution < 1.29 is 14.3 Å². The van der Waals surface area contributed by atoms with Crippen LogP contribution in [0.1, 0.15) is 9.67 Å². The standard InChI is InChI=1S/C24H22ClN3O3S/c1-30-18-5-3-4-17(14-18)27-8-10-28(11-9-27)24(29)20-13-16-12-15-6-7-19(31-2)21(25)22(15)26-23(16)32-20/h3-7,12-14H,8-11H2,1-2H3. The van der Waals surface area contributed by atoms with Crippen LogP contribution in [-0.2, 0) is 0 Å². The Bertz CT molecular complexity index is 1310. The number of fused-ring (bicyclic) bond motifs is 2. The van der Waals surface area contributed by atoms with Crippen molar-refractivity contribution in [2.45, 2.75) is 0 Å². The number of carbonyl (C=O) groups excluding carboxylic acids is 1. The first-order valence-corrected chi connectivity index (χ1v) is 11.5. The largest absolute Gasteiger partial charge is 0.497 e.